The van der Waals surface area contributed by atoms with E-state index in [9.17, 15) is 4.79 Å². The second kappa shape index (κ2) is 6.78. The summed E-state index contributed by atoms with van der Waals surface area (Å²) in [4.78, 5) is 10.4. The Balaban J connectivity index is 1.93. The Morgan fingerprint density at radius 3 is 2.35 bits per heavy atom. The van der Waals surface area contributed by atoms with Gasteiger partial charge in [0.05, 0.1) is 0 Å². The number of carboxylic acid groups (broad SMARTS) is 1. The van der Waals surface area contributed by atoms with Crippen molar-refractivity contribution in [1.82, 2.24) is 0 Å². The molecule has 2 aromatic rings. The molecule has 1 N–H and O–H groups in total. The number of benzene rings is 2. The van der Waals surface area contributed by atoms with E-state index in [1.807, 2.05) is 24.3 Å². The molecule has 0 aromatic heterocycles. The summed E-state index contributed by atoms with van der Waals surface area (Å²) in [6, 6.07) is 14.7. The summed E-state index contributed by atoms with van der Waals surface area (Å²) < 4.78 is 5.63. The molecule has 0 radical (unpaired) electrons. The molecule has 0 heterocycles. The number of carbonyl (C=O) groups is 1. The minimum Gasteiger partial charge on any atom is -0.489 e. The molecular formula is C16H13ClO3. The summed E-state index contributed by atoms with van der Waals surface area (Å²) in [5, 5.41) is 9.24. The van der Waals surface area contributed by atoms with Crippen molar-refractivity contribution in [2.24, 2.45) is 0 Å². The van der Waals surface area contributed by atoms with Gasteiger partial charge >= 0.3 is 5.97 Å². The summed E-state index contributed by atoms with van der Waals surface area (Å²) in [6.45, 7) is 0.460. The van der Waals surface area contributed by atoms with E-state index < -0.39 is 5.97 Å². The fraction of sp³-hybridized carbons (Fsp3) is 0.0625. The van der Waals surface area contributed by atoms with Crippen LogP contribution in [-0.4, -0.2) is 11.1 Å². The van der Waals surface area contributed by atoms with Gasteiger partial charge in [0.2, 0.25) is 0 Å². The van der Waals surface area contributed by atoms with Crippen LogP contribution in [0.3, 0.4) is 0 Å². The van der Waals surface area contributed by atoms with Gasteiger partial charge in [-0.3, -0.25) is 0 Å². The third-order valence-corrected chi connectivity index (χ3v) is 2.87. The van der Waals surface area contributed by atoms with Gasteiger partial charge in [-0.25, -0.2) is 4.79 Å². The van der Waals surface area contributed by atoms with Crippen LogP contribution in [0.15, 0.2) is 54.6 Å². The molecule has 20 heavy (non-hydrogen) atoms. The molecule has 0 atom stereocenters. The van der Waals surface area contributed by atoms with Crippen LogP contribution in [-0.2, 0) is 11.4 Å². The van der Waals surface area contributed by atoms with Gasteiger partial charge in [0.25, 0.3) is 0 Å². The second-order valence-corrected chi connectivity index (χ2v) is 4.59. The van der Waals surface area contributed by atoms with Crippen molar-refractivity contribution < 1.29 is 14.6 Å². The van der Waals surface area contributed by atoms with E-state index in [4.69, 9.17) is 21.4 Å². The average Bonchev–Trinajstić information content (AvgIpc) is 2.45. The summed E-state index contributed by atoms with van der Waals surface area (Å²) in [7, 11) is 0. The van der Waals surface area contributed by atoms with Gasteiger partial charge in [-0.15, -0.1) is 0 Å². The molecule has 0 unspecified atom stereocenters. The van der Waals surface area contributed by atoms with Crippen molar-refractivity contribution in [3.05, 3.63) is 70.8 Å². The van der Waals surface area contributed by atoms with E-state index in [1.165, 1.54) is 6.08 Å². The van der Waals surface area contributed by atoms with Crippen molar-refractivity contribution in [3.63, 3.8) is 0 Å². The zero-order valence-corrected chi connectivity index (χ0v) is 11.4. The largest absolute Gasteiger partial charge is 0.489 e. The quantitative estimate of drug-likeness (QED) is 0.845. The highest BCUT2D eigenvalue weighted by Gasteiger charge is 1.97. The lowest BCUT2D eigenvalue weighted by Crippen LogP contribution is -1.94. The number of halogens is 1. The Morgan fingerprint density at radius 1 is 1.10 bits per heavy atom. The lowest BCUT2D eigenvalue weighted by Gasteiger charge is -2.06. The lowest BCUT2D eigenvalue weighted by molar-refractivity contribution is -0.131. The van der Waals surface area contributed by atoms with E-state index >= 15 is 0 Å². The predicted molar refractivity (Wildman–Crippen MR) is 78.9 cm³/mol. The molecule has 0 bridgehead atoms. The maximum atomic E-state index is 10.4. The smallest absolute Gasteiger partial charge is 0.328 e. The first-order chi connectivity index (χ1) is 9.63. The number of rotatable bonds is 5. The van der Waals surface area contributed by atoms with Crippen LogP contribution in [0.5, 0.6) is 5.75 Å². The second-order valence-electron chi connectivity index (χ2n) is 4.16. The lowest BCUT2D eigenvalue weighted by atomic mass is 10.2. The van der Waals surface area contributed by atoms with Crippen LogP contribution in [0.4, 0.5) is 0 Å². The van der Waals surface area contributed by atoms with E-state index in [0.29, 0.717) is 11.6 Å². The van der Waals surface area contributed by atoms with Crippen LogP contribution < -0.4 is 4.74 Å². The standard InChI is InChI=1S/C16H13ClO3/c17-14-6-1-13(2-7-14)11-20-15-8-3-12(4-9-15)5-10-16(18)19/h1-10H,11H2,(H,18,19)/b10-5+. The monoisotopic (exact) mass is 288 g/mol. The maximum Gasteiger partial charge on any atom is 0.328 e. The molecule has 4 heteroatoms. The molecule has 0 aliphatic carbocycles. The minimum absolute atomic E-state index is 0.460. The SMILES string of the molecule is O=C(O)/C=C/c1ccc(OCc2ccc(Cl)cc2)cc1. The van der Waals surface area contributed by atoms with Gasteiger partial charge in [0, 0.05) is 11.1 Å². The highest BCUT2D eigenvalue weighted by Crippen LogP contribution is 2.16. The topological polar surface area (TPSA) is 46.5 Å². The summed E-state index contributed by atoms with van der Waals surface area (Å²) in [5.74, 6) is -0.236. The molecule has 2 rings (SSSR count). The summed E-state index contributed by atoms with van der Waals surface area (Å²) in [6.07, 6.45) is 2.63. The van der Waals surface area contributed by atoms with Gasteiger partial charge in [-0.05, 0) is 41.5 Å². The first kappa shape index (κ1) is 14.2. The molecule has 3 nitrogen and oxygen atoms in total. The predicted octanol–water partition coefficient (Wildman–Crippen LogP) is 4.02. The van der Waals surface area contributed by atoms with Crippen LogP contribution in [0.1, 0.15) is 11.1 Å². The Kier molecular flexibility index (Phi) is 4.80. The molecule has 0 aliphatic heterocycles. The molecule has 0 spiro atoms. The highest BCUT2D eigenvalue weighted by atomic mass is 35.5. The Hall–Kier alpha value is -2.26. The van der Waals surface area contributed by atoms with Gasteiger partial charge < -0.3 is 9.84 Å². The van der Waals surface area contributed by atoms with Crippen molar-refractivity contribution in [1.29, 1.82) is 0 Å². The van der Waals surface area contributed by atoms with Gasteiger partial charge in [-0.1, -0.05) is 35.9 Å². The fourth-order valence-electron chi connectivity index (χ4n) is 1.59. The number of ether oxygens (including phenoxy) is 1. The van der Waals surface area contributed by atoms with E-state index in [2.05, 4.69) is 0 Å². The van der Waals surface area contributed by atoms with Crippen molar-refractivity contribution >= 4 is 23.6 Å². The molecule has 102 valence electrons. The number of hydrogen-bond acceptors (Lipinski definition) is 2. The van der Waals surface area contributed by atoms with E-state index in [0.717, 1.165) is 23.0 Å². The molecule has 0 saturated heterocycles. The molecule has 2 aromatic carbocycles. The molecule has 0 fully saturated rings. The molecule has 0 amide bonds. The number of carboxylic acids is 1. The summed E-state index contributed by atoms with van der Waals surface area (Å²) in [5.41, 5.74) is 1.84. The average molecular weight is 289 g/mol. The van der Waals surface area contributed by atoms with Gasteiger partial charge in [-0.2, -0.15) is 0 Å². The highest BCUT2D eigenvalue weighted by molar-refractivity contribution is 6.30. The molecular weight excluding hydrogens is 276 g/mol. The van der Waals surface area contributed by atoms with E-state index in [-0.39, 0.29) is 0 Å². The van der Waals surface area contributed by atoms with Crippen LogP contribution in [0.2, 0.25) is 5.02 Å². The Morgan fingerprint density at radius 2 is 1.75 bits per heavy atom. The maximum absolute atomic E-state index is 10.4. The Bertz CT molecular complexity index is 601. The molecule has 0 saturated carbocycles. The Labute approximate surface area is 122 Å². The first-order valence-corrected chi connectivity index (χ1v) is 6.39. The third-order valence-electron chi connectivity index (χ3n) is 2.62. The van der Waals surface area contributed by atoms with Crippen molar-refractivity contribution in [2.45, 2.75) is 6.61 Å². The number of hydrogen-bond donors (Lipinski definition) is 1. The zero-order valence-electron chi connectivity index (χ0n) is 10.6. The summed E-state index contributed by atoms with van der Waals surface area (Å²) >= 11 is 5.81. The third kappa shape index (κ3) is 4.44. The number of aliphatic carboxylic acids is 1. The normalized spacial score (nSPS) is 10.7. The molecule has 0 aliphatic rings. The minimum atomic E-state index is -0.965. The fourth-order valence-corrected chi connectivity index (χ4v) is 1.72. The van der Waals surface area contributed by atoms with Gasteiger partial charge in [0.15, 0.2) is 0 Å². The first-order valence-electron chi connectivity index (χ1n) is 6.02. The van der Waals surface area contributed by atoms with E-state index in [1.54, 1.807) is 24.3 Å². The van der Waals surface area contributed by atoms with Crippen LogP contribution in [0.25, 0.3) is 6.08 Å². The van der Waals surface area contributed by atoms with Crippen LogP contribution in [0, 0.1) is 0 Å². The van der Waals surface area contributed by atoms with Gasteiger partial charge in [0.1, 0.15) is 12.4 Å². The zero-order chi connectivity index (χ0) is 14.4. The van der Waals surface area contributed by atoms with Crippen molar-refractivity contribution in [3.8, 4) is 5.75 Å². The van der Waals surface area contributed by atoms with Crippen LogP contribution >= 0.6 is 11.6 Å². The van der Waals surface area contributed by atoms with Crippen molar-refractivity contribution in [2.75, 3.05) is 0 Å².